The Balaban J connectivity index is 3.04. The molecule has 0 aliphatic rings. The number of rotatable bonds is 4. The van der Waals surface area contributed by atoms with Crippen molar-refractivity contribution in [2.45, 2.75) is 39.0 Å². The fourth-order valence-corrected chi connectivity index (χ4v) is 1.77. The van der Waals surface area contributed by atoms with Gasteiger partial charge in [0.2, 0.25) is 0 Å². The lowest BCUT2D eigenvalue weighted by Crippen LogP contribution is -2.20. The molecule has 0 unspecified atom stereocenters. The number of hydrogen-bond acceptors (Lipinski definition) is 2. The van der Waals surface area contributed by atoms with Crippen LogP contribution in [0.3, 0.4) is 0 Å². The number of ether oxygens (including phenoxy) is 1. The maximum atomic E-state index is 13.7. The molecule has 0 N–H and O–H groups in total. The van der Waals surface area contributed by atoms with Crippen molar-refractivity contribution in [2.75, 3.05) is 7.11 Å². The molecule has 0 saturated heterocycles. The third-order valence-corrected chi connectivity index (χ3v) is 2.57. The maximum Gasteiger partial charge on any atom is 0.148 e. The van der Waals surface area contributed by atoms with Gasteiger partial charge in [0.15, 0.2) is 0 Å². The summed E-state index contributed by atoms with van der Waals surface area (Å²) in [6.45, 7) is 6.10. The molecule has 1 rings (SSSR count). The van der Waals surface area contributed by atoms with E-state index in [4.69, 9.17) is 4.74 Å². The van der Waals surface area contributed by atoms with Gasteiger partial charge in [-0.15, -0.1) is 0 Å². The summed E-state index contributed by atoms with van der Waals surface area (Å²) in [5, 5.41) is 0. The van der Waals surface area contributed by atoms with Crippen molar-refractivity contribution in [1.29, 1.82) is 0 Å². The molecule has 0 spiro atoms. The lowest BCUT2D eigenvalue weighted by Gasteiger charge is -2.23. The molecule has 3 heteroatoms. The Bertz CT molecular complexity index is 336. The largest absolute Gasteiger partial charge is 0.495 e. The van der Waals surface area contributed by atoms with Gasteiger partial charge in [-0.25, -0.2) is 4.39 Å². The third-order valence-electron chi connectivity index (χ3n) is 2.57. The molecular formula is C12H18FNO. The van der Waals surface area contributed by atoms with Crippen molar-refractivity contribution in [3.63, 3.8) is 0 Å². The summed E-state index contributed by atoms with van der Waals surface area (Å²) in [5.41, 5.74) is 0.301. The molecule has 0 amide bonds. The van der Waals surface area contributed by atoms with Gasteiger partial charge in [-0.3, -0.25) is 4.98 Å². The van der Waals surface area contributed by atoms with Crippen LogP contribution in [0.5, 0.6) is 5.75 Å². The van der Waals surface area contributed by atoms with Gasteiger partial charge in [0.05, 0.1) is 19.0 Å². The number of nitrogens with zero attached hydrogens (tertiary/aromatic N) is 1. The molecule has 0 aliphatic carbocycles. The highest BCUT2D eigenvalue weighted by Gasteiger charge is 2.25. The summed E-state index contributed by atoms with van der Waals surface area (Å²) < 4.78 is 18.6. The number of pyridine rings is 1. The van der Waals surface area contributed by atoms with Crippen molar-refractivity contribution in [1.82, 2.24) is 4.98 Å². The number of halogens is 1. The van der Waals surface area contributed by atoms with Crippen LogP contribution in [0.15, 0.2) is 12.3 Å². The van der Waals surface area contributed by atoms with Crippen LogP contribution >= 0.6 is 0 Å². The molecule has 0 radical (unpaired) electrons. The average molecular weight is 211 g/mol. The summed E-state index contributed by atoms with van der Waals surface area (Å²) in [6, 6.07) is 1.39. The third kappa shape index (κ3) is 2.67. The molecule has 0 aliphatic heterocycles. The second-order valence-corrected chi connectivity index (χ2v) is 4.34. The second-order valence-electron chi connectivity index (χ2n) is 4.34. The van der Waals surface area contributed by atoms with Crippen LogP contribution in [-0.2, 0) is 5.41 Å². The summed E-state index contributed by atoms with van der Waals surface area (Å²) in [4.78, 5) is 4.14. The van der Waals surface area contributed by atoms with Gasteiger partial charge in [0.25, 0.3) is 0 Å². The fourth-order valence-electron chi connectivity index (χ4n) is 1.77. The molecule has 15 heavy (non-hydrogen) atoms. The molecule has 0 fully saturated rings. The lowest BCUT2D eigenvalue weighted by molar-refractivity contribution is 0.395. The van der Waals surface area contributed by atoms with E-state index in [2.05, 4.69) is 11.9 Å². The Morgan fingerprint density at radius 1 is 1.47 bits per heavy atom. The zero-order chi connectivity index (χ0) is 11.5. The van der Waals surface area contributed by atoms with E-state index in [9.17, 15) is 4.39 Å². The van der Waals surface area contributed by atoms with E-state index < -0.39 is 0 Å². The molecule has 0 atom stereocenters. The van der Waals surface area contributed by atoms with Gasteiger partial charge >= 0.3 is 0 Å². The Kier molecular flexibility index (Phi) is 3.66. The molecule has 0 bridgehead atoms. The minimum atomic E-state index is -0.284. The van der Waals surface area contributed by atoms with Crippen LogP contribution in [0.1, 0.15) is 39.3 Å². The monoisotopic (exact) mass is 211 g/mol. The minimum Gasteiger partial charge on any atom is -0.495 e. The van der Waals surface area contributed by atoms with Crippen LogP contribution in [-0.4, -0.2) is 12.1 Å². The molecule has 2 nitrogen and oxygen atoms in total. The first-order valence-electron chi connectivity index (χ1n) is 5.21. The van der Waals surface area contributed by atoms with E-state index in [1.54, 1.807) is 6.20 Å². The highest BCUT2D eigenvalue weighted by Crippen LogP contribution is 2.29. The molecule has 1 aromatic rings. The lowest BCUT2D eigenvalue weighted by atomic mass is 9.84. The van der Waals surface area contributed by atoms with Gasteiger partial charge in [-0.1, -0.05) is 27.2 Å². The topological polar surface area (TPSA) is 22.1 Å². The summed E-state index contributed by atoms with van der Waals surface area (Å²) >= 11 is 0. The number of methoxy groups -OCH3 is 1. The van der Waals surface area contributed by atoms with Crippen LogP contribution in [0.2, 0.25) is 0 Å². The van der Waals surface area contributed by atoms with Crippen molar-refractivity contribution in [3.8, 4) is 5.75 Å². The van der Waals surface area contributed by atoms with Crippen molar-refractivity contribution in [3.05, 3.63) is 23.8 Å². The van der Waals surface area contributed by atoms with Gasteiger partial charge in [0.1, 0.15) is 11.6 Å². The normalized spacial score (nSPS) is 11.5. The Morgan fingerprint density at radius 2 is 2.13 bits per heavy atom. The maximum absolute atomic E-state index is 13.7. The zero-order valence-corrected chi connectivity index (χ0v) is 9.80. The van der Waals surface area contributed by atoms with Crippen molar-refractivity contribution < 1.29 is 9.13 Å². The molecule has 0 saturated carbocycles. The van der Waals surface area contributed by atoms with Crippen LogP contribution < -0.4 is 4.74 Å². The summed E-state index contributed by atoms with van der Waals surface area (Å²) in [7, 11) is 1.51. The molecule has 1 heterocycles. The van der Waals surface area contributed by atoms with E-state index in [0.29, 0.717) is 11.4 Å². The van der Waals surface area contributed by atoms with E-state index in [1.165, 1.54) is 13.2 Å². The molecule has 1 aromatic heterocycles. The standard InChI is InChI=1S/C12H18FNO/c1-5-6-12(2,3)11-10(13)7-9(15-4)8-14-11/h7-8H,5-6H2,1-4H3. The Labute approximate surface area is 90.5 Å². The average Bonchev–Trinajstić information content (AvgIpc) is 2.17. The van der Waals surface area contributed by atoms with E-state index in [0.717, 1.165) is 12.8 Å². The Hall–Kier alpha value is -1.12. The van der Waals surface area contributed by atoms with E-state index >= 15 is 0 Å². The van der Waals surface area contributed by atoms with Crippen LogP contribution in [0.25, 0.3) is 0 Å². The first-order chi connectivity index (χ1) is 7.01. The summed E-state index contributed by atoms with van der Waals surface area (Å²) in [5.74, 6) is 0.177. The van der Waals surface area contributed by atoms with Gasteiger partial charge in [0, 0.05) is 11.5 Å². The van der Waals surface area contributed by atoms with Crippen molar-refractivity contribution >= 4 is 0 Å². The van der Waals surface area contributed by atoms with Gasteiger partial charge < -0.3 is 4.74 Å². The molecule has 84 valence electrons. The number of aromatic nitrogens is 1. The minimum absolute atomic E-state index is 0.217. The highest BCUT2D eigenvalue weighted by molar-refractivity contribution is 5.25. The van der Waals surface area contributed by atoms with Crippen LogP contribution in [0, 0.1) is 5.82 Å². The van der Waals surface area contributed by atoms with E-state index in [-0.39, 0.29) is 11.2 Å². The smallest absolute Gasteiger partial charge is 0.148 e. The quantitative estimate of drug-likeness (QED) is 0.762. The van der Waals surface area contributed by atoms with Gasteiger partial charge in [-0.2, -0.15) is 0 Å². The Morgan fingerprint density at radius 3 is 2.60 bits per heavy atom. The zero-order valence-electron chi connectivity index (χ0n) is 9.80. The molecular weight excluding hydrogens is 193 g/mol. The van der Waals surface area contributed by atoms with Gasteiger partial charge in [-0.05, 0) is 6.42 Å². The first kappa shape index (κ1) is 12.0. The van der Waals surface area contributed by atoms with E-state index in [1.807, 2.05) is 13.8 Å². The summed E-state index contributed by atoms with van der Waals surface area (Å²) in [6.07, 6.45) is 3.50. The number of hydrogen-bond donors (Lipinski definition) is 0. The predicted molar refractivity (Wildman–Crippen MR) is 58.7 cm³/mol. The van der Waals surface area contributed by atoms with Crippen molar-refractivity contribution in [2.24, 2.45) is 0 Å². The first-order valence-corrected chi connectivity index (χ1v) is 5.21. The SMILES string of the molecule is CCCC(C)(C)c1ncc(OC)cc1F. The molecule has 0 aromatic carbocycles. The predicted octanol–water partition coefficient (Wildman–Crippen LogP) is 3.31. The van der Waals surface area contributed by atoms with Crippen LogP contribution in [0.4, 0.5) is 4.39 Å². The second kappa shape index (κ2) is 4.60. The highest BCUT2D eigenvalue weighted by atomic mass is 19.1. The fraction of sp³-hybridized carbons (Fsp3) is 0.583.